The molecular weight excluding hydrogens is 262 g/mol. The molecule has 21 heavy (non-hydrogen) atoms. The lowest BCUT2D eigenvalue weighted by Gasteiger charge is -2.37. The van der Waals surface area contributed by atoms with Crippen LogP contribution in [0, 0.1) is 6.92 Å². The molecule has 0 radical (unpaired) electrons. The maximum atomic E-state index is 9.74. The molecule has 0 saturated heterocycles. The Hall–Kier alpha value is -2.16. The molecule has 3 nitrogen and oxygen atoms in total. The summed E-state index contributed by atoms with van der Waals surface area (Å²) in [4.78, 5) is 0. The number of methoxy groups -OCH3 is 1. The van der Waals surface area contributed by atoms with Gasteiger partial charge >= 0.3 is 0 Å². The number of rotatable bonds is 4. The van der Waals surface area contributed by atoms with Gasteiger partial charge in [0.2, 0.25) is 0 Å². The van der Waals surface area contributed by atoms with E-state index in [0.29, 0.717) is 17.7 Å². The number of ether oxygens (including phenoxy) is 1. The quantitative estimate of drug-likeness (QED) is 0.889. The van der Waals surface area contributed by atoms with Gasteiger partial charge < -0.3 is 15.2 Å². The fourth-order valence-corrected chi connectivity index (χ4v) is 2.84. The summed E-state index contributed by atoms with van der Waals surface area (Å²) in [6.45, 7) is 1.90. The Morgan fingerprint density at radius 2 is 1.95 bits per heavy atom. The van der Waals surface area contributed by atoms with Crippen molar-refractivity contribution in [2.75, 3.05) is 12.4 Å². The van der Waals surface area contributed by atoms with Gasteiger partial charge in [-0.2, -0.15) is 0 Å². The van der Waals surface area contributed by atoms with Gasteiger partial charge in [-0.05, 0) is 55.0 Å². The minimum Gasteiger partial charge on any atom is -0.508 e. The van der Waals surface area contributed by atoms with Crippen molar-refractivity contribution in [3.8, 4) is 11.5 Å². The minimum absolute atomic E-state index is 0.351. The molecule has 1 fully saturated rings. The molecule has 2 aromatic carbocycles. The van der Waals surface area contributed by atoms with Crippen LogP contribution in [0.1, 0.15) is 29.9 Å². The molecule has 0 aliphatic heterocycles. The third-order valence-electron chi connectivity index (χ3n) is 4.28. The summed E-state index contributed by atoms with van der Waals surface area (Å²) in [7, 11) is 1.70. The molecule has 3 rings (SSSR count). The van der Waals surface area contributed by atoms with Gasteiger partial charge in [0.25, 0.3) is 0 Å². The summed E-state index contributed by atoms with van der Waals surface area (Å²) in [6.07, 6.45) is 2.23. The zero-order chi connectivity index (χ0) is 14.8. The molecule has 1 saturated carbocycles. The second-order valence-corrected chi connectivity index (χ2v) is 5.79. The van der Waals surface area contributed by atoms with Crippen LogP contribution in [0.15, 0.2) is 42.5 Å². The third-order valence-corrected chi connectivity index (χ3v) is 4.28. The number of aromatic hydroxyl groups is 1. The van der Waals surface area contributed by atoms with Crippen molar-refractivity contribution in [1.82, 2.24) is 0 Å². The largest absolute Gasteiger partial charge is 0.508 e. The number of hydrogen-bond acceptors (Lipinski definition) is 3. The van der Waals surface area contributed by atoms with E-state index in [-0.39, 0.29) is 0 Å². The first-order valence-corrected chi connectivity index (χ1v) is 7.36. The highest BCUT2D eigenvalue weighted by molar-refractivity contribution is 5.52. The molecule has 0 spiro atoms. The fourth-order valence-electron chi connectivity index (χ4n) is 2.84. The van der Waals surface area contributed by atoms with Crippen molar-refractivity contribution in [3.05, 3.63) is 53.6 Å². The molecule has 0 aromatic heterocycles. The molecule has 110 valence electrons. The monoisotopic (exact) mass is 283 g/mol. The Balaban J connectivity index is 1.59. The minimum atomic E-state index is 0.351. The van der Waals surface area contributed by atoms with E-state index in [1.165, 1.54) is 5.56 Å². The van der Waals surface area contributed by atoms with E-state index in [1.54, 1.807) is 13.2 Å². The topological polar surface area (TPSA) is 41.5 Å². The highest BCUT2D eigenvalue weighted by Crippen LogP contribution is 2.39. The van der Waals surface area contributed by atoms with Gasteiger partial charge in [0, 0.05) is 17.8 Å². The van der Waals surface area contributed by atoms with E-state index in [0.717, 1.165) is 29.8 Å². The lowest BCUT2D eigenvalue weighted by atomic mass is 9.75. The Morgan fingerprint density at radius 3 is 2.67 bits per heavy atom. The van der Waals surface area contributed by atoms with Gasteiger partial charge in [-0.3, -0.25) is 0 Å². The van der Waals surface area contributed by atoms with Crippen LogP contribution in [0.25, 0.3) is 0 Å². The van der Waals surface area contributed by atoms with Gasteiger partial charge in [-0.25, -0.2) is 0 Å². The Morgan fingerprint density at radius 1 is 1.14 bits per heavy atom. The Bertz CT molecular complexity index is 633. The first-order chi connectivity index (χ1) is 10.2. The van der Waals surface area contributed by atoms with Crippen molar-refractivity contribution in [1.29, 1.82) is 0 Å². The summed E-state index contributed by atoms with van der Waals surface area (Å²) in [5, 5.41) is 13.2. The fraction of sp³-hybridized carbons (Fsp3) is 0.333. The molecule has 0 atom stereocenters. The maximum absolute atomic E-state index is 9.74. The van der Waals surface area contributed by atoms with Gasteiger partial charge in [-0.1, -0.05) is 18.2 Å². The Labute approximate surface area is 125 Å². The highest BCUT2D eigenvalue weighted by atomic mass is 16.5. The zero-order valence-electron chi connectivity index (χ0n) is 12.5. The van der Waals surface area contributed by atoms with Gasteiger partial charge in [-0.15, -0.1) is 0 Å². The van der Waals surface area contributed by atoms with Crippen LogP contribution in [-0.2, 0) is 0 Å². The number of phenols is 1. The third kappa shape index (κ3) is 2.97. The predicted octanol–water partition coefficient (Wildman–Crippen LogP) is 4.07. The van der Waals surface area contributed by atoms with Crippen molar-refractivity contribution in [3.63, 3.8) is 0 Å². The number of nitrogens with one attached hydrogen (secondary N) is 1. The number of anilines is 1. The molecule has 2 N–H and O–H groups in total. The van der Waals surface area contributed by atoms with E-state index in [4.69, 9.17) is 4.74 Å². The summed E-state index contributed by atoms with van der Waals surface area (Å²) in [5.41, 5.74) is 3.25. The standard InChI is InChI=1S/C18H21NO2/c1-12-6-7-15(11-18(12)20)19-16-8-14(9-16)13-4-3-5-17(10-13)21-2/h3-7,10-11,14,16,19-20H,8-9H2,1-2H3. The highest BCUT2D eigenvalue weighted by Gasteiger charge is 2.30. The van der Waals surface area contributed by atoms with E-state index in [2.05, 4.69) is 17.4 Å². The van der Waals surface area contributed by atoms with Crippen LogP contribution in [0.2, 0.25) is 0 Å². The van der Waals surface area contributed by atoms with Crippen LogP contribution in [0.4, 0.5) is 5.69 Å². The van der Waals surface area contributed by atoms with E-state index in [1.807, 2.05) is 31.2 Å². The lowest BCUT2D eigenvalue weighted by Crippen LogP contribution is -2.33. The predicted molar refractivity (Wildman–Crippen MR) is 85.2 cm³/mol. The van der Waals surface area contributed by atoms with Crippen molar-refractivity contribution in [2.24, 2.45) is 0 Å². The molecule has 0 amide bonds. The smallest absolute Gasteiger partial charge is 0.120 e. The number of benzene rings is 2. The van der Waals surface area contributed by atoms with Crippen LogP contribution >= 0.6 is 0 Å². The Kier molecular flexibility index (Phi) is 3.74. The zero-order valence-corrected chi connectivity index (χ0v) is 12.5. The summed E-state index contributed by atoms with van der Waals surface area (Å²) < 4.78 is 5.28. The normalized spacial score (nSPS) is 20.7. The molecule has 0 heterocycles. The van der Waals surface area contributed by atoms with E-state index in [9.17, 15) is 5.11 Å². The molecule has 1 aliphatic carbocycles. The van der Waals surface area contributed by atoms with Crippen molar-refractivity contribution in [2.45, 2.75) is 31.7 Å². The summed E-state index contributed by atoms with van der Waals surface area (Å²) in [5.74, 6) is 1.87. The van der Waals surface area contributed by atoms with Crippen LogP contribution < -0.4 is 10.1 Å². The second-order valence-electron chi connectivity index (χ2n) is 5.79. The second kappa shape index (κ2) is 5.68. The molecule has 0 bridgehead atoms. The molecule has 0 unspecified atom stereocenters. The average Bonchev–Trinajstić information content (AvgIpc) is 2.46. The van der Waals surface area contributed by atoms with Gasteiger partial charge in [0.05, 0.1) is 7.11 Å². The molecule has 2 aromatic rings. The first kappa shape index (κ1) is 13.8. The van der Waals surface area contributed by atoms with Crippen LogP contribution in [-0.4, -0.2) is 18.3 Å². The van der Waals surface area contributed by atoms with Crippen LogP contribution in [0.3, 0.4) is 0 Å². The van der Waals surface area contributed by atoms with Crippen molar-refractivity contribution < 1.29 is 9.84 Å². The van der Waals surface area contributed by atoms with E-state index < -0.39 is 0 Å². The number of hydrogen-bond donors (Lipinski definition) is 2. The number of phenolic OH excluding ortho intramolecular Hbond substituents is 1. The summed E-state index contributed by atoms with van der Waals surface area (Å²) >= 11 is 0. The molecule has 1 aliphatic rings. The SMILES string of the molecule is COc1cccc(C2CC(Nc3ccc(C)c(O)c3)C2)c1. The first-order valence-electron chi connectivity index (χ1n) is 7.36. The molecule has 3 heteroatoms. The van der Waals surface area contributed by atoms with Gasteiger partial charge in [0.1, 0.15) is 11.5 Å². The molecular formula is C18H21NO2. The summed E-state index contributed by atoms with van der Waals surface area (Å²) in [6, 6.07) is 14.6. The van der Waals surface area contributed by atoms with Gasteiger partial charge in [0.15, 0.2) is 0 Å². The van der Waals surface area contributed by atoms with Crippen molar-refractivity contribution >= 4 is 5.69 Å². The average molecular weight is 283 g/mol. The van der Waals surface area contributed by atoms with Crippen LogP contribution in [0.5, 0.6) is 11.5 Å². The number of aryl methyl sites for hydroxylation is 1. The lowest BCUT2D eigenvalue weighted by molar-refractivity contribution is 0.370. The van der Waals surface area contributed by atoms with E-state index >= 15 is 0 Å². The maximum Gasteiger partial charge on any atom is 0.120 e.